The van der Waals surface area contributed by atoms with Crippen LogP contribution in [0.1, 0.15) is 37.2 Å². The van der Waals surface area contributed by atoms with Crippen LogP contribution in [0.25, 0.3) is 11.1 Å². The van der Waals surface area contributed by atoms with Crippen LogP contribution in [-0.2, 0) is 0 Å². The van der Waals surface area contributed by atoms with Crippen LogP contribution in [0.4, 0.5) is 9.18 Å². The molecule has 2 amide bonds. The zero-order valence-corrected chi connectivity index (χ0v) is 16.1. The molecule has 6 heteroatoms. The van der Waals surface area contributed by atoms with Crippen LogP contribution in [-0.4, -0.2) is 40.8 Å². The first-order chi connectivity index (χ1) is 14.1. The molecule has 150 valence electrons. The lowest BCUT2D eigenvalue weighted by atomic mass is 9.73. The summed E-state index contributed by atoms with van der Waals surface area (Å²) in [6.07, 6.45) is 4.11. The minimum absolute atomic E-state index is 0.145. The molecule has 0 radical (unpaired) electrons. The molecule has 2 aromatic carbocycles. The van der Waals surface area contributed by atoms with E-state index < -0.39 is 12.1 Å². The number of halogens is 1. The number of nitrogens with one attached hydrogen (secondary N) is 1. The number of carbonyl (C=O) groups is 1. The summed E-state index contributed by atoms with van der Waals surface area (Å²) in [6.45, 7) is -0.224. The van der Waals surface area contributed by atoms with Crippen molar-refractivity contribution in [3.63, 3.8) is 0 Å². The minimum Gasteiger partial charge on any atom is -0.394 e. The Hall–Kier alpha value is -2.91. The van der Waals surface area contributed by atoms with Crippen molar-refractivity contribution in [2.75, 3.05) is 6.61 Å². The van der Waals surface area contributed by atoms with Gasteiger partial charge in [0.15, 0.2) is 0 Å². The average molecular weight is 393 g/mol. The smallest absolute Gasteiger partial charge is 0.319 e. The number of hydrogen-bond donors (Lipinski definition) is 2. The summed E-state index contributed by atoms with van der Waals surface area (Å²) < 4.78 is 13.4. The summed E-state index contributed by atoms with van der Waals surface area (Å²) in [4.78, 5) is 14.3. The van der Waals surface area contributed by atoms with Crippen LogP contribution in [0.2, 0.25) is 0 Å². The number of nitriles is 1. The van der Waals surface area contributed by atoms with Gasteiger partial charge in [0.1, 0.15) is 11.9 Å². The fourth-order valence-corrected chi connectivity index (χ4v) is 4.66. The second kappa shape index (κ2) is 8.22. The van der Waals surface area contributed by atoms with Gasteiger partial charge in [0, 0.05) is 12.0 Å². The van der Waals surface area contributed by atoms with Gasteiger partial charge in [0.2, 0.25) is 0 Å². The van der Waals surface area contributed by atoms with Crippen molar-refractivity contribution in [3.05, 3.63) is 59.9 Å². The molecule has 3 atom stereocenters. The van der Waals surface area contributed by atoms with E-state index in [1.165, 1.54) is 17.0 Å². The number of aliphatic hydroxyl groups excluding tert-OH is 1. The number of rotatable bonds is 4. The average Bonchev–Trinajstić information content (AvgIpc) is 3.22. The van der Waals surface area contributed by atoms with E-state index in [0.717, 1.165) is 42.4 Å². The molecule has 0 bridgehead atoms. The Labute approximate surface area is 169 Å². The molecule has 1 saturated heterocycles. The second-order valence-electron chi connectivity index (χ2n) is 7.78. The quantitative estimate of drug-likeness (QED) is 0.830. The van der Waals surface area contributed by atoms with Crippen molar-refractivity contribution >= 4 is 6.03 Å². The highest BCUT2D eigenvalue weighted by molar-refractivity contribution is 5.79. The van der Waals surface area contributed by atoms with Gasteiger partial charge in [0.05, 0.1) is 18.7 Å². The molecule has 1 saturated carbocycles. The first-order valence-corrected chi connectivity index (χ1v) is 10.1. The molecule has 2 aromatic rings. The van der Waals surface area contributed by atoms with Crippen LogP contribution >= 0.6 is 0 Å². The monoisotopic (exact) mass is 393 g/mol. The Morgan fingerprint density at radius 1 is 1.17 bits per heavy atom. The first-order valence-electron chi connectivity index (χ1n) is 10.1. The molecule has 1 heterocycles. The van der Waals surface area contributed by atoms with Crippen LogP contribution in [0.3, 0.4) is 0 Å². The molecule has 0 spiro atoms. The van der Waals surface area contributed by atoms with E-state index in [-0.39, 0.29) is 30.4 Å². The molecular formula is C23H24FN3O2. The van der Waals surface area contributed by atoms with Crippen LogP contribution in [0.15, 0.2) is 48.5 Å². The van der Waals surface area contributed by atoms with E-state index in [1.54, 1.807) is 12.1 Å². The van der Waals surface area contributed by atoms with Crippen LogP contribution < -0.4 is 5.32 Å². The van der Waals surface area contributed by atoms with Gasteiger partial charge in [-0.2, -0.15) is 5.26 Å². The van der Waals surface area contributed by atoms with E-state index in [1.807, 2.05) is 24.3 Å². The van der Waals surface area contributed by atoms with Gasteiger partial charge in [-0.15, -0.1) is 0 Å². The SMILES string of the molecule is N#C[C@@H]1[C@@H](c2ccccc2-c2ccc(F)cc2)[C@H](CO)N1C(=O)NC1CCCC1. The van der Waals surface area contributed by atoms with E-state index in [2.05, 4.69) is 11.4 Å². The lowest BCUT2D eigenvalue weighted by Crippen LogP contribution is -2.67. The van der Waals surface area contributed by atoms with Crippen molar-refractivity contribution in [1.29, 1.82) is 5.26 Å². The standard InChI is InChI=1S/C23H24FN3O2/c24-16-11-9-15(10-12-16)18-7-3-4-8-19(18)22-20(13-25)27(21(22)14-28)23(29)26-17-5-1-2-6-17/h3-4,7-12,17,20-22,28H,1-2,5-6,14H2,(H,26,29)/t20-,21+,22-/m1/s1. The van der Waals surface area contributed by atoms with Crippen LogP contribution in [0, 0.1) is 17.1 Å². The topological polar surface area (TPSA) is 76.4 Å². The van der Waals surface area contributed by atoms with Gasteiger partial charge < -0.3 is 15.3 Å². The zero-order chi connectivity index (χ0) is 20.4. The molecule has 1 aliphatic heterocycles. The van der Waals surface area contributed by atoms with Crippen molar-refractivity contribution in [1.82, 2.24) is 10.2 Å². The Morgan fingerprint density at radius 2 is 1.86 bits per heavy atom. The van der Waals surface area contributed by atoms with Crippen molar-refractivity contribution in [3.8, 4) is 17.2 Å². The number of urea groups is 1. The third-order valence-corrected chi connectivity index (χ3v) is 6.12. The molecule has 2 N–H and O–H groups in total. The van der Waals surface area contributed by atoms with Gasteiger partial charge in [-0.25, -0.2) is 9.18 Å². The normalized spacial score (nSPS) is 24.0. The molecule has 29 heavy (non-hydrogen) atoms. The summed E-state index contributed by atoms with van der Waals surface area (Å²) in [5.41, 5.74) is 2.60. The minimum atomic E-state index is -0.657. The lowest BCUT2D eigenvalue weighted by molar-refractivity contribution is 0.0160. The largest absolute Gasteiger partial charge is 0.394 e. The maximum absolute atomic E-state index is 13.4. The molecule has 2 aliphatic rings. The highest BCUT2D eigenvalue weighted by Gasteiger charge is 2.52. The number of hydrogen-bond acceptors (Lipinski definition) is 3. The predicted octanol–water partition coefficient (Wildman–Crippen LogP) is 3.80. The van der Waals surface area contributed by atoms with E-state index in [4.69, 9.17) is 0 Å². The van der Waals surface area contributed by atoms with Crippen molar-refractivity contribution < 1.29 is 14.3 Å². The number of carbonyl (C=O) groups excluding carboxylic acids is 1. The van der Waals surface area contributed by atoms with Gasteiger partial charge in [-0.05, 0) is 41.7 Å². The second-order valence-corrected chi connectivity index (χ2v) is 7.78. The summed E-state index contributed by atoms with van der Waals surface area (Å²) >= 11 is 0. The summed E-state index contributed by atoms with van der Waals surface area (Å²) in [6, 6.07) is 14.8. The van der Waals surface area contributed by atoms with E-state index in [0.29, 0.717) is 0 Å². The van der Waals surface area contributed by atoms with Crippen LogP contribution in [0.5, 0.6) is 0 Å². The number of benzene rings is 2. The summed E-state index contributed by atoms with van der Waals surface area (Å²) in [5, 5.41) is 22.9. The molecule has 1 aliphatic carbocycles. The molecule has 0 aromatic heterocycles. The molecule has 4 rings (SSSR count). The zero-order valence-electron chi connectivity index (χ0n) is 16.1. The number of likely N-dealkylation sites (tertiary alicyclic amines) is 1. The Bertz CT molecular complexity index is 918. The molecular weight excluding hydrogens is 369 g/mol. The Balaban J connectivity index is 1.62. The number of amides is 2. The van der Waals surface area contributed by atoms with Gasteiger partial charge in [-0.3, -0.25) is 0 Å². The van der Waals surface area contributed by atoms with E-state index in [9.17, 15) is 19.6 Å². The van der Waals surface area contributed by atoms with Crippen molar-refractivity contribution in [2.45, 2.75) is 49.7 Å². The third kappa shape index (κ3) is 3.58. The lowest BCUT2D eigenvalue weighted by Gasteiger charge is -2.52. The number of aliphatic hydroxyl groups is 1. The summed E-state index contributed by atoms with van der Waals surface area (Å²) in [5.74, 6) is -0.617. The van der Waals surface area contributed by atoms with Gasteiger partial charge in [0.25, 0.3) is 0 Å². The summed E-state index contributed by atoms with van der Waals surface area (Å²) in [7, 11) is 0. The Morgan fingerprint density at radius 3 is 2.52 bits per heavy atom. The van der Waals surface area contributed by atoms with Gasteiger partial charge in [-0.1, -0.05) is 49.2 Å². The number of nitrogens with zero attached hydrogens (tertiary/aromatic N) is 2. The molecule has 2 fully saturated rings. The highest BCUT2D eigenvalue weighted by atomic mass is 19.1. The first kappa shape index (κ1) is 19.4. The molecule has 5 nitrogen and oxygen atoms in total. The van der Waals surface area contributed by atoms with Gasteiger partial charge >= 0.3 is 6.03 Å². The molecule has 0 unspecified atom stereocenters. The fourth-order valence-electron chi connectivity index (χ4n) is 4.66. The predicted molar refractivity (Wildman–Crippen MR) is 107 cm³/mol. The third-order valence-electron chi connectivity index (χ3n) is 6.12. The fraction of sp³-hybridized carbons (Fsp3) is 0.391. The maximum Gasteiger partial charge on any atom is 0.319 e. The highest BCUT2D eigenvalue weighted by Crippen LogP contribution is 2.44. The Kier molecular flexibility index (Phi) is 5.50. The maximum atomic E-state index is 13.4. The van der Waals surface area contributed by atoms with E-state index >= 15 is 0 Å². The van der Waals surface area contributed by atoms with Crippen molar-refractivity contribution in [2.24, 2.45) is 0 Å².